The second-order valence-corrected chi connectivity index (χ2v) is 8.81. The van der Waals surface area contributed by atoms with E-state index in [2.05, 4.69) is 31.8 Å². The first-order valence-corrected chi connectivity index (χ1v) is 12.4. The number of nitrogens with one attached hydrogen (secondary N) is 2. The predicted molar refractivity (Wildman–Crippen MR) is 141 cm³/mol. The minimum absolute atomic E-state index is 0.00451. The molecule has 0 radical (unpaired) electrons. The molecule has 0 fully saturated rings. The van der Waals surface area contributed by atoms with Gasteiger partial charge in [0.25, 0.3) is 0 Å². The Bertz CT molecular complexity index is 1280. The van der Waals surface area contributed by atoms with Crippen molar-refractivity contribution in [1.82, 2.24) is 5.43 Å². The summed E-state index contributed by atoms with van der Waals surface area (Å²) in [5.74, 6) is -0.104. The van der Waals surface area contributed by atoms with Crippen LogP contribution in [-0.4, -0.2) is 24.6 Å². The second kappa shape index (κ2) is 13.6. The van der Waals surface area contributed by atoms with E-state index in [0.717, 1.165) is 17.7 Å². The Morgan fingerprint density at radius 1 is 0.974 bits per heavy atom. The van der Waals surface area contributed by atoms with Gasteiger partial charge in [0, 0.05) is 18.5 Å². The molecule has 0 aliphatic rings. The van der Waals surface area contributed by atoms with E-state index in [4.69, 9.17) is 9.47 Å². The molecule has 0 atom stereocenters. The summed E-state index contributed by atoms with van der Waals surface area (Å²) in [7, 11) is 0. The highest BCUT2D eigenvalue weighted by molar-refractivity contribution is 9.10. The molecule has 3 aromatic rings. The molecule has 0 bridgehead atoms. The molecule has 11 heteroatoms. The molecule has 2 N–H and O–H groups in total. The van der Waals surface area contributed by atoms with Gasteiger partial charge in [0.2, 0.25) is 11.8 Å². The fraction of sp³-hybridized carbons (Fsp3) is 0.222. The summed E-state index contributed by atoms with van der Waals surface area (Å²) in [6.45, 7) is 2.61. The number of hydrogen-bond acceptors (Lipinski definition) is 5. The molecule has 0 spiro atoms. The Balaban J connectivity index is 1.53. The number of rotatable bonds is 11. The van der Waals surface area contributed by atoms with Crippen molar-refractivity contribution in [3.63, 3.8) is 0 Å². The SMILES string of the molecule is CCOc1cc(C=NNC(=O)CCC(=O)Nc2cccc(C(F)(F)F)c2)cc(Br)c1OCc1ccccc1. The van der Waals surface area contributed by atoms with Crippen LogP contribution in [0.15, 0.2) is 76.3 Å². The van der Waals surface area contributed by atoms with Crippen LogP contribution in [0.3, 0.4) is 0 Å². The lowest BCUT2D eigenvalue weighted by Gasteiger charge is -2.14. The Kier molecular flexibility index (Phi) is 10.3. The van der Waals surface area contributed by atoms with Gasteiger partial charge in [-0.15, -0.1) is 0 Å². The number of benzene rings is 3. The molecule has 0 unspecified atom stereocenters. The van der Waals surface area contributed by atoms with Gasteiger partial charge in [-0.05, 0) is 64.3 Å². The molecule has 38 heavy (non-hydrogen) atoms. The van der Waals surface area contributed by atoms with Crippen LogP contribution in [0, 0.1) is 0 Å². The monoisotopic (exact) mass is 591 g/mol. The number of nitrogens with zero attached hydrogens (tertiary/aromatic N) is 1. The normalized spacial score (nSPS) is 11.3. The fourth-order valence-corrected chi connectivity index (χ4v) is 3.83. The lowest BCUT2D eigenvalue weighted by molar-refractivity contribution is -0.137. The number of alkyl halides is 3. The minimum Gasteiger partial charge on any atom is -0.490 e. The van der Waals surface area contributed by atoms with Crippen molar-refractivity contribution in [2.45, 2.75) is 32.5 Å². The highest BCUT2D eigenvalue weighted by Crippen LogP contribution is 2.37. The summed E-state index contributed by atoms with van der Waals surface area (Å²) in [5.41, 5.74) is 3.06. The third-order valence-electron chi connectivity index (χ3n) is 5.01. The number of hydrogen-bond donors (Lipinski definition) is 2. The molecule has 0 aromatic heterocycles. The lowest BCUT2D eigenvalue weighted by Crippen LogP contribution is -2.20. The number of ether oxygens (including phenoxy) is 2. The number of amides is 2. The van der Waals surface area contributed by atoms with Crippen LogP contribution < -0.4 is 20.2 Å². The van der Waals surface area contributed by atoms with Crippen LogP contribution in [-0.2, 0) is 22.4 Å². The van der Waals surface area contributed by atoms with Crippen LogP contribution in [0.2, 0.25) is 0 Å². The maximum atomic E-state index is 12.8. The molecule has 0 aliphatic carbocycles. The zero-order valence-electron chi connectivity index (χ0n) is 20.3. The van der Waals surface area contributed by atoms with Gasteiger partial charge in [-0.1, -0.05) is 36.4 Å². The van der Waals surface area contributed by atoms with Gasteiger partial charge in [-0.25, -0.2) is 5.43 Å². The van der Waals surface area contributed by atoms with Crippen molar-refractivity contribution in [3.8, 4) is 11.5 Å². The van der Waals surface area contributed by atoms with Crippen LogP contribution in [0.25, 0.3) is 0 Å². The Labute approximate surface area is 226 Å². The van der Waals surface area contributed by atoms with E-state index in [-0.39, 0.29) is 18.5 Å². The first-order chi connectivity index (χ1) is 18.2. The number of carbonyl (C=O) groups is 2. The molecular formula is C27H25BrF3N3O4. The largest absolute Gasteiger partial charge is 0.490 e. The third-order valence-corrected chi connectivity index (χ3v) is 5.60. The van der Waals surface area contributed by atoms with E-state index < -0.39 is 23.6 Å². The Morgan fingerprint density at radius 3 is 2.42 bits per heavy atom. The molecule has 7 nitrogen and oxygen atoms in total. The Hall–Kier alpha value is -3.86. The van der Waals surface area contributed by atoms with Crippen molar-refractivity contribution in [2.75, 3.05) is 11.9 Å². The van der Waals surface area contributed by atoms with Gasteiger partial charge in [-0.2, -0.15) is 18.3 Å². The zero-order chi connectivity index (χ0) is 27.5. The van der Waals surface area contributed by atoms with Crippen LogP contribution >= 0.6 is 15.9 Å². The summed E-state index contributed by atoms with van der Waals surface area (Å²) in [6.07, 6.45) is -3.55. The highest BCUT2D eigenvalue weighted by atomic mass is 79.9. The van der Waals surface area contributed by atoms with E-state index >= 15 is 0 Å². The number of halogens is 4. The fourth-order valence-electron chi connectivity index (χ4n) is 3.25. The van der Waals surface area contributed by atoms with Gasteiger partial charge >= 0.3 is 6.18 Å². The summed E-state index contributed by atoms with van der Waals surface area (Å²) in [4.78, 5) is 24.1. The number of carbonyl (C=O) groups excluding carboxylic acids is 2. The second-order valence-electron chi connectivity index (χ2n) is 7.96. The van der Waals surface area contributed by atoms with Crippen molar-refractivity contribution in [3.05, 3.63) is 87.9 Å². The average Bonchev–Trinajstić information content (AvgIpc) is 2.87. The molecule has 0 saturated carbocycles. The quantitative estimate of drug-likeness (QED) is 0.202. The molecule has 200 valence electrons. The number of hydrazone groups is 1. The van der Waals surface area contributed by atoms with Crippen LogP contribution in [0.4, 0.5) is 18.9 Å². The summed E-state index contributed by atoms with van der Waals surface area (Å²) in [6, 6.07) is 17.4. The van der Waals surface area contributed by atoms with Crippen LogP contribution in [0.1, 0.15) is 36.5 Å². The van der Waals surface area contributed by atoms with Crippen molar-refractivity contribution in [2.24, 2.45) is 5.10 Å². The zero-order valence-corrected chi connectivity index (χ0v) is 21.9. The summed E-state index contributed by atoms with van der Waals surface area (Å²) in [5, 5.41) is 6.26. The molecule has 2 amide bonds. The highest BCUT2D eigenvalue weighted by Gasteiger charge is 2.30. The summed E-state index contributed by atoms with van der Waals surface area (Å²) < 4.78 is 50.7. The van der Waals surface area contributed by atoms with Gasteiger partial charge in [-0.3, -0.25) is 9.59 Å². The number of anilines is 1. The van der Waals surface area contributed by atoms with E-state index in [1.54, 1.807) is 12.1 Å². The maximum Gasteiger partial charge on any atom is 0.416 e. The minimum atomic E-state index is -4.52. The molecule has 0 heterocycles. The van der Waals surface area contributed by atoms with E-state index in [0.29, 0.717) is 34.7 Å². The lowest BCUT2D eigenvalue weighted by atomic mass is 10.2. The van der Waals surface area contributed by atoms with Crippen LogP contribution in [0.5, 0.6) is 11.5 Å². The standard InChI is InChI=1S/C27H25BrF3N3O4/c1-2-37-23-14-19(13-22(28)26(23)38-17-18-7-4-3-5-8-18)16-32-34-25(36)12-11-24(35)33-21-10-6-9-20(15-21)27(29,30)31/h3-10,13-16H,2,11-12,17H2,1H3,(H,33,35)(H,34,36). The Morgan fingerprint density at radius 2 is 1.71 bits per heavy atom. The van der Waals surface area contributed by atoms with Gasteiger partial charge < -0.3 is 14.8 Å². The summed E-state index contributed by atoms with van der Waals surface area (Å²) >= 11 is 3.48. The first-order valence-electron chi connectivity index (χ1n) is 11.6. The molecule has 0 saturated heterocycles. The van der Waals surface area contributed by atoms with E-state index in [1.807, 2.05) is 37.3 Å². The molecule has 3 rings (SSSR count). The van der Waals surface area contributed by atoms with Gasteiger partial charge in [0.1, 0.15) is 6.61 Å². The van der Waals surface area contributed by atoms with Gasteiger partial charge in [0.05, 0.1) is 22.9 Å². The van der Waals surface area contributed by atoms with Crippen molar-refractivity contribution in [1.29, 1.82) is 0 Å². The predicted octanol–water partition coefficient (Wildman–Crippen LogP) is 6.31. The topological polar surface area (TPSA) is 89.0 Å². The third kappa shape index (κ3) is 8.91. The van der Waals surface area contributed by atoms with Crippen molar-refractivity contribution < 1.29 is 32.2 Å². The maximum absolute atomic E-state index is 12.8. The molecule has 3 aromatic carbocycles. The first kappa shape index (κ1) is 28.7. The van der Waals surface area contributed by atoms with Gasteiger partial charge in [0.15, 0.2) is 11.5 Å². The molecule has 0 aliphatic heterocycles. The smallest absolute Gasteiger partial charge is 0.416 e. The van der Waals surface area contributed by atoms with E-state index in [1.165, 1.54) is 18.3 Å². The van der Waals surface area contributed by atoms with Crippen molar-refractivity contribution >= 4 is 39.6 Å². The molecular weight excluding hydrogens is 567 g/mol. The van der Waals surface area contributed by atoms with E-state index in [9.17, 15) is 22.8 Å². The average molecular weight is 592 g/mol.